The summed E-state index contributed by atoms with van der Waals surface area (Å²) in [5.41, 5.74) is 0. The first-order valence-corrected chi connectivity index (χ1v) is 32.8. The SMILES string of the molecule is CC/C=C\C/C=C\C/C=C\C/C=C\C/C=C\CCCCCCCCCC(=O)OCC(COC(=O)CCCCCCCCCCCCCCCCCCC)OC(=O)CCCCCCCCCCCCCCCCCCC. The van der Waals surface area contributed by atoms with E-state index in [1.807, 2.05) is 0 Å². The third kappa shape index (κ3) is 61.8. The van der Waals surface area contributed by atoms with E-state index in [4.69, 9.17) is 14.2 Å². The predicted octanol–water partition coefficient (Wildman–Crippen LogP) is 22.3. The third-order valence-electron chi connectivity index (χ3n) is 14.5. The molecule has 1 unspecified atom stereocenters. The Hall–Kier alpha value is -2.89. The molecule has 436 valence electrons. The molecule has 0 spiro atoms. The number of hydrogen-bond acceptors (Lipinski definition) is 6. The molecule has 0 aliphatic rings. The van der Waals surface area contributed by atoms with Crippen molar-refractivity contribution in [1.82, 2.24) is 0 Å². The lowest BCUT2D eigenvalue weighted by Gasteiger charge is -2.18. The number of ether oxygens (including phenoxy) is 3. The quantitative estimate of drug-likeness (QED) is 0.0261. The Bertz CT molecular complexity index is 1340. The van der Waals surface area contributed by atoms with Crippen molar-refractivity contribution in [3.05, 3.63) is 60.8 Å². The van der Waals surface area contributed by atoms with Crippen molar-refractivity contribution < 1.29 is 28.6 Å². The largest absolute Gasteiger partial charge is 0.462 e. The summed E-state index contributed by atoms with van der Waals surface area (Å²) in [4.78, 5) is 38.4. The Morgan fingerprint density at radius 3 is 0.813 bits per heavy atom. The van der Waals surface area contributed by atoms with Crippen LogP contribution in [-0.4, -0.2) is 37.2 Å². The van der Waals surface area contributed by atoms with E-state index in [1.165, 1.54) is 205 Å². The maximum atomic E-state index is 12.9. The highest BCUT2D eigenvalue weighted by Gasteiger charge is 2.19. The minimum absolute atomic E-state index is 0.0725. The van der Waals surface area contributed by atoms with Crippen LogP contribution in [0.15, 0.2) is 60.8 Å². The topological polar surface area (TPSA) is 78.9 Å². The van der Waals surface area contributed by atoms with E-state index in [1.54, 1.807) is 0 Å². The van der Waals surface area contributed by atoms with Gasteiger partial charge < -0.3 is 14.2 Å². The molecule has 0 heterocycles. The highest BCUT2D eigenvalue weighted by atomic mass is 16.6. The Kier molecular flexibility index (Phi) is 61.2. The minimum atomic E-state index is -0.777. The van der Waals surface area contributed by atoms with Crippen LogP contribution in [0.3, 0.4) is 0 Å². The summed E-state index contributed by atoms with van der Waals surface area (Å²) in [6, 6.07) is 0. The van der Waals surface area contributed by atoms with E-state index in [0.29, 0.717) is 19.3 Å². The lowest BCUT2D eigenvalue weighted by atomic mass is 10.0. The lowest BCUT2D eigenvalue weighted by Crippen LogP contribution is -2.30. The van der Waals surface area contributed by atoms with Crippen LogP contribution < -0.4 is 0 Å². The molecule has 1 atom stereocenters. The predicted molar refractivity (Wildman–Crippen MR) is 325 cm³/mol. The molecule has 0 aliphatic heterocycles. The summed E-state index contributed by atoms with van der Waals surface area (Å²) in [6.45, 7) is 6.58. The maximum absolute atomic E-state index is 12.9. The summed E-state index contributed by atoms with van der Waals surface area (Å²) in [5, 5.41) is 0. The lowest BCUT2D eigenvalue weighted by molar-refractivity contribution is -0.167. The Balaban J connectivity index is 4.35. The van der Waals surface area contributed by atoms with Gasteiger partial charge in [-0.1, -0.05) is 319 Å². The van der Waals surface area contributed by atoms with Gasteiger partial charge in [0.25, 0.3) is 0 Å². The van der Waals surface area contributed by atoms with Crippen molar-refractivity contribution in [2.75, 3.05) is 13.2 Å². The van der Waals surface area contributed by atoms with Crippen molar-refractivity contribution >= 4 is 17.9 Å². The van der Waals surface area contributed by atoms with Crippen molar-refractivity contribution in [3.63, 3.8) is 0 Å². The number of carbonyl (C=O) groups excluding carboxylic acids is 3. The van der Waals surface area contributed by atoms with Gasteiger partial charge in [0.2, 0.25) is 0 Å². The molecule has 0 N–H and O–H groups in total. The Labute approximate surface area is 466 Å². The first kappa shape index (κ1) is 72.1. The molecule has 0 rings (SSSR count). The van der Waals surface area contributed by atoms with Gasteiger partial charge in [0.15, 0.2) is 6.10 Å². The first-order valence-electron chi connectivity index (χ1n) is 32.8. The highest BCUT2D eigenvalue weighted by molar-refractivity contribution is 5.71. The molecule has 0 aromatic heterocycles. The molecule has 0 radical (unpaired) electrons. The molecule has 0 fully saturated rings. The van der Waals surface area contributed by atoms with Crippen molar-refractivity contribution in [2.24, 2.45) is 0 Å². The first-order chi connectivity index (χ1) is 37.0. The molecule has 0 aliphatic carbocycles. The number of hydrogen-bond donors (Lipinski definition) is 0. The molecule has 0 amide bonds. The second-order valence-electron chi connectivity index (χ2n) is 22.0. The summed E-state index contributed by atoms with van der Waals surface area (Å²) in [5.74, 6) is -0.860. The zero-order valence-corrected chi connectivity index (χ0v) is 50.1. The Morgan fingerprint density at radius 2 is 0.520 bits per heavy atom. The van der Waals surface area contributed by atoms with Crippen molar-refractivity contribution in [2.45, 2.75) is 348 Å². The van der Waals surface area contributed by atoms with E-state index >= 15 is 0 Å². The molecular weight excluding hydrogens is 925 g/mol. The molecule has 6 heteroatoms. The average Bonchev–Trinajstić information content (AvgIpc) is 3.41. The molecule has 0 aromatic carbocycles. The number of allylic oxidation sites excluding steroid dienone is 10. The fourth-order valence-electron chi connectivity index (χ4n) is 9.65. The number of unbranched alkanes of at least 4 members (excludes halogenated alkanes) is 39. The smallest absolute Gasteiger partial charge is 0.306 e. The second kappa shape index (κ2) is 63.6. The molecule has 6 nitrogen and oxygen atoms in total. The van der Waals surface area contributed by atoms with Gasteiger partial charge in [-0.3, -0.25) is 14.4 Å². The van der Waals surface area contributed by atoms with Gasteiger partial charge in [-0.15, -0.1) is 0 Å². The van der Waals surface area contributed by atoms with Crippen molar-refractivity contribution in [1.29, 1.82) is 0 Å². The minimum Gasteiger partial charge on any atom is -0.462 e. The zero-order chi connectivity index (χ0) is 54.3. The molecular formula is C69H124O6. The Morgan fingerprint density at radius 1 is 0.280 bits per heavy atom. The van der Waals surface area contributed by atoms with E-state index < -0.39 is 6.10 Å². The monoisotopic (exact) mass is 1050 g/mol. The van der Waals surface area contributed by atoms with Crippen LogP contribution >= 0.6 is 0 Å². The van der Waals surface area contributed by atoms with Crippen LogP contribution in [-0.2, 0) is 28.6 Å². The maximum Gasteiger partial charge on any atom is 0.306 e. The van der Waals surface area contributed by atoms with E-state index in [9.17, 15) is 14.4 Å². The fraction of sp³-hybridized carbons (Fsp3) is 0.812. The summed E-state index contributed by atoms with van der Waals surface area (Å²) < 4.78 is 17.0. The standard InChI is InChI=1S/C69H124O6/c1-4-7-10-13-16-19-22-25-28-31-32-33-34-35-36-39-41-44-47-50-53-56-59-62-68(71)74-65-66(75-69(72)63-60-57-54-51-48-45-42-38-30-27-24-21-18-15-12-9-6-3)64-73-67(70)61-58-55-52-49-46-43-40-37-29-26-23-20-17-14-11-8-5-2/h7,10,16,19,25,28,32-33,35-36,66H,4-6,8-9,11-15,17-18,20-24,26-27,29-31,34,37-65H2,1-3H3/b10-7-,19-16-,28-25-,33-32-,36-35-. The van der Waals surface area contributed by atoms with Gasteiger partial charge in [0.1, 0.15) is 13.2 Å². The van der Waals surface area contributed by atoms with E-state index in [0.717, 1.165) is 96.3 Å². The van der Waals surface area contributed by atoms with Crippen LogP contribution in [0, 0.1) is 0 Å². The molecule has 0 aromatic rings. The highest BCUT2D eigenvalue weighted by Crippen LogP contribution is 2.18. The fourth-order valence-corrected chi connectivity index (χ4v) is 9.65. The summed E-state index contributed by atoms with van der Waals surface area (Å²) >= 11 is 0. The van der Waals surface area contributed by atoms with Gasteiger partial charge in [-0.05, 0) is 64.2 Å². The molecule has 75 heavy (non-hydrogen) atoms. The van der Waals surface area contributed by atoms with Gasteiger partial charge in [0, 0.05) is 19.3 Å². The third-order valence-corrected chi connectivity index (χ3v) is 14.5. The summed E-state index contributed by atoms with van der Waals surface area (Å²) in [6.07, 6.45) is 80.8. The molecule has 0 bridgehead atoms. The van der Waals surface area contributed by atoms with Crippen LogP contribution in [0.2, 0.25) is 0 Å². The number of rotatable bonds is 60. The number of esters is 3. The van der Waals surface area contributed by atoms with Gasteiger partial charge in [-0.2, -0.15) is 0 Å². The van der Waals surface area contributed by atoms with Crippen LogP contribution in [0.4, 0.5) is 0 Å². The summed E-state index contributed by atoms with van der Waals surface area (Å²) in [7, 11) is 0. The zero-order valence-electron chi connectivity index (χ0n) is 50.1. The van der Waals surface area contributed by atoms with Gasteiger partial charge in [-0.25, -0.2) is 0 Å². The van der Waals surface area contributed by atoms with E-state index in [2.05, 4.69) is 81.5 Å². The van der Waals surface area contributed by atoms with Crippen molar-refractivity contribution in [3.8, 4) is 0 Å². The average molecular weight is 1050 g/mol. The molecule has 0 saturated heterocycles. The van der Waals surface area contributed by atoms with Crippen LogP contribution in [0.1, 0.15) is 342 Å². The van der Waals surface area contributed by atoms with Crippen LogP contribution in [0.5, 0.6) is 0 Å². The normalized spacial score (nSPS) is 12.4. The van der Waals surface area contributed by atoms with Gasteiger partial charge in [0.05, 0.1) is 0 Å². The second-order valence-corrected chi connectivity index (χ2v) is 22.0. The van der Waals surface area contributed by atoms with Crippen LogP contribution in [0.25, 0.3) is 0 Å². The number of carbonyl (C=O) groups is 3. The van der Waals surface area contributed by atoms with E-state index in [-0.39, 0.29) is 31.1 Å². The molecule has 0 saturated carbocycles. The van der Waals surface area contributed by atoms with Gasteiger partial charge >= 0.3 is 17.9 Å².